The quantitative estimate of drug-likeness (QED) is 0.685. The second-order valence-electron chi connectivity index (χ2n) is 5.23. The first-order valence-corrected chi connectivity index (χ1v) is 9.49. The van der Waals surface area contributed by atoms with Crippen molar-refractivity contribution in [2.45, 2.75) is 11.3 Å². The Bertz CT molecular complexity index is 1000. The molecule has 0 spiro atoms. The van der Waals surface area contributed by atoms with Crippen molar-refractivity contribution in [3.05, 3.63) is 53.8 Å². The fraction of sp³-hybridized carbons (Fsp3) is 0.125. The van der Waals surface area contributed by atoms with Gasteiger partial charge in [-0.15, -0.1) is 5.10 Å². The van der Waals surface area contributed by atoms with Gasteiger partial charge in [0.1, 0.15) is 0 Å². The summed E-state index contributed by atoms with van der Waals surface area (Å²) in [7, 11) is -3.60. The van der Waals surface area contributed by atoms with Crippen molar-refractivity contribution in [3.63, 3.8) is 0 Å². The average Bonchev–Trinajstić information content (AvgIpc) is 3.10. The lowest BCUT2D eigenvalue weighted by Crippen LogP contribution is -2.17. The molecule has 8 nitrogen and oxygen atoms in total. The number of hydrogen-bond donors (Lipinski definition) is 1. The van der Waals surface area contributed by atoms with Crippen LogP contribution in [0.5, 0.6) is 0 Å². The van der Waals surface area contributed by atoms with Gasteiger partial charge >= 0.3 is 6.01 Å². The molecule has 2 heterocycles. The van der Waals surface area contributed by atoms with Gasteiger partial charge in [-0.05, 0) is 36.4 Å². The number of carbonyl (C=O) groups excluding carboxylic acids is 1. The van der Waals surface area contributed by atoms with Crippen LogP contribution in [0.1, 0.15) is 6.42 Å². The number of aromatic nitrogens is 3. The zero-order valence-electron chi connectivity index (χ0n) is 13.3. The molecule has 0 saturated carbocycles. The number of nitrogens with one attached hydrogen (secondary N) is 1. The third kappa shape index (κ3) is 4.44. The van der Waals surface area contributed by atoms with Crippen molar-refractivity contribution in [3.8, 4) is 11.5 Å². The summed E-state index contributed by atoms with van der Waals surface area (Å²) in [6, 6.07) is 9.07. The van der Waals surface area contributed by atoms with Crippen LogP contribution in [0.4, 0.5) is 6.01 Å². The van der Waals surface area contributed by atoms with Crippen molar-refractivity contribution in [1.82, 2.24) is 15.2 Å². The highest BCUT2D eigenvalue weighted by Crippen LogP contribution is 2.19. The number of amides is 1. The molecule has 0 saturated heterocycles. The van der Waals surface area contributed by atoms with Gasteiger partial charge in [0.15, 0.2) is 9.84 Å². The second kappa shape index (κ2) is 7.63. The average molecular weight is 393 g/mol. The normalized spacial score (nSPS) is 11.3. The molecule has 0 radical (unpaired) electrons. The van der Waals surface area contributed by atoms with Gasteiger partial charge in [-0.2, -0.15) is 0 Å². The molecule has 0 aliphatic rings. The third-order valence-electron chi connectivity index (χ3n) is 3.35. The van der Waals surface area contributed by atoms with Gasteiger partial charge in [-0.25, -0.2) is 8.42 Å². The smallest absolute Gasteiger partial charge is 0.322 e. The minimum absolute atomic E-state index is 0.103. The molecule has 3 rings (SSSR count). The van der Waals surface area contributed by atoms with E-state index in [1.807, 2.05) is 0 Å². The van der Waals surface area contributed by atoms with E-state index in [0.717, 1.165) is 0 Å². The molecule has 3 aromatic rings. The lowest BCUT2D eigenvalue weighted by Gasteiger charge is -2.04. The maximum absolute atomic E-state index is 12.2. The first kappa shape index (κ1) is 18.0. The number of nitrogens with zero attached hydrogens (tertiary/aromatic N) is 3. The van der Waals surface area contributed by atoms with E-state index in [-0.39, 0.29) is 29.0 Å². The van der Waals surface area contributed by atoms with Crippen LogP contribution in [0.15, 0.2) is 58.1 Å². The largest absolute Gasteiger partial charge is 0.403 e. The number of anilines is 1. The molecule has 1 N–H and O–H groups in total. The number of hydrogen-bond acceptors (Lipinski definition) is 7. The molecule has 0 aliphatic carbocycles. The van der Waals surface area contributed by atoms with Gasteiger partial charge in [0.25, 0.3) is 5.89 Å². The fourth-order valence-electron chi connectivity index (χ4n) is 2.05. The van der Waals surface area contributed by atoms with Crippen LogP contribution in [0.25, 0.3) is 11.5 Å². The highest BCUT2D eigenvalue weighted by atomic mass is 35.5. The maximum Gasteiger partial charge on any atom is 0.322 e. The SMILES string of the molecule is O=C(CCS(=O)(=O)c1ccc(Cl)cc1)Nc1nnc(-c2cccnc2)o1. The van der Waals surface area contributed by atoms with Crippen LogP contribution in [-0.2, 0) is 14.6 Å². The molecule has 2 aromatic heterocycles. The van der Waals surface area contributed by atoms with Crippen molar-refractivity contribution >= 4 is 33.4 Å². The van der Waals surface area contributed by atoms with E-state index < -0.39 is 15.7 Å². The number of sulfone groups is 1. The van der Waals surface area contributed by atoms with Crippen LogP contribution < -0.4 is 5.32 Å². The highest BCUT2D eigenvalue weighted by Gasteiger charge is 2.18. The van der Waals surface area contributed by atoms with Crippen molar-refractivity contribution in [2.24, 2.45) is 0 Å². The fourth-order valence-corrected chi connectivity index (χ4v) is 3.41. The molecular weight excluding hydrogens is 380 g/mol. The van der Waals surface area contributed by atoms with E-state index >= 15 is 0 Å². The monoisotopic (exact) mass is 392 g/mol. The van der Waals surface area contributed by atoms with E-state index in [4.69, 9.17) is 16.0 Å². The molecule has 0 fully saturated rings. The first-order chi connectivity index (χ1) is 12.4. The summed E-state index contributed by atoms with van der Waals surface area (Å²) in [5, 5.41) is 10.3. The van der Waals surface area contributed by atoms with Gasteiger partial charge in [0.2, 0.25) is 5.91 Å². The Kier molecular flexibility index (Phi) is 5.29. The van der Waals surface area contributed by atoms with Crippen LogP contribution in [-0.4, -0.2) is 35.3 Å². The van der Waals surface area contributed by atoms with Gasteiger partial charge in [-0.1, -0.05) is 16.7 Å². The van der Waals surface area contributed by atoms with E-state index in [1.165, 1.54) is 30.5 Å². The topological polar surface area (TPSA) is 115 Å². The molecule has 26 heavy (non-hydrogen) atoms. The number of halogens is 1. The van der Waals surface area contributed by atoms with Crippen molar-refractivity contribution in [1.29, 1.82) is 0 Å². The predicted molar refractivity (Wildman–Crippen MR) is 94.3 cm³/mol. The number of rotatable bonds is 6. The lowest BCUT2D eigenvalue weighted by atomic mass is 10.3. The Morgan fingerprint density at radius 1 is 1.15 bits per heavy atom. The standard InChI is InChI=1S/C16H13ClN4O4S/c17-12-3-5-13(6-4-12)26(23,24)9-7-14(22)19-16-21-20-15(25-16)11-2-1-8-18-10-11/h1-6,8,10H,7,9H2,(H,19,21,22). The Morgan fingerprint density at radius 2 is 1.92 bits per heavy atom. The summed E-state index contributed by atoms with van der Waals surface area (Å²) < 4.78 is 29.7. The van der Waals surface area contributed by atoms with E-state index in [2.05, 4.69) is 20.5 Å². The Morgan fingerprint density at radius 3 is 2.62 bits per heavy atom. The maximum atomic E-state index is 12.2. The third-order valence-corrected chi connectivity index (χ3v) is 5.33. The minimum atomic E-state index is -3.60. The zero-order chi connectivity index (χ0) is 18.6. The summed E-state index contributed by atoms with van der Waals surface area (Å²) >= 11 is 5.74. The number of carbonyl (C=O) groups is 1. The molecule has 134 valence electrons. The molecule has 1 aromatic carbocycles. The zero-order valence-corrected chi connectivity index (χ0v) is 14.9. The van der Waals surface area contributed by atoms with Crippen LogP contribution >= 0.6 is 11.6 Å². The van der Waals surface area contributed by atoms with Crippen LogP contribution in [0.2, 0.25) is 5.02 Å². The Labute approximate surface area is 154 Å². The summed E-state index contributed by atoms with van der Waals surface area (Å²) in [6.45, 7) is 0. The molecular formula is C16H13ClN4O4S. The molecule has 1 amide bonds. The Balaban J connectivity index is 1.59. The summed E-state index contributed by atoms with van der Waals surface area (Å²) in [5.74, 6) is -0.713. The summed E-state index contributed by atoms with van der Waals surface area (Å²) in [4.78, 5) is 16.0. The molecule has 0 atom stereocenters. The summed E-state index contributed by atoms with van der Waals surface area (Å²) in [5.41, 5.74) is 0.603. The number of benzene rings is 1. The van der Waals surface area contributed by atoms with E-state index in [0.29, 0.717) is 10.6 Å². The highest BCUT2D eigenvalue weighted by molar-refractivity contribution is 7.91. The van der Waals surface area contributed by atoms with Gasteiger partial charge in [0.05, 0.1) is 16.2 Å². The second-order valence-corrected chi connectivity index (χ2v) is 7.77. The first-order valence-electron chi connectivity index (χ1n) is 7.46. The molecule has 0 aliphatic heterocycles. The molecule has 0 bridgehead atoms. The molecule has 10 heteroatoms. The van der Waals surface area contributed by atoms with Gasteiger partial charge in [-0.3, -0.25) is 15.1 Å². The summed E-state index contributed by atoms with van der Waals surface area (Å²) in [6.07, 6.45) is 2.89. The van der Waals surface area contributed by atoms with E-state index in [9.17, 15) is 13.2 Å². The van der Waals surface area contributed by atoms with Gasteiger partial charge in [0, 0.05) is 23.8 Å². The minimum Gasteiger partial charge on any atom is -0.403 e. The van der Waals surface area contributed by atoms with E-state index in [1.54, 1.807) is 18.3 Å². The predicted octanol–water partition coefficient (Wildman–Crippen LogP) is 2.59. The Hall–Kier alpha value is -2.78. The molecule has 0 unspecified atom stereocenters. The number of pyridine rings is 1. The van der Waals surface area contributed by atoms with Crippen LogP contribution in [0.3, 0.4) is 0 Å². The van der Waals surface area contributed by atoms with Crippen molar-refractivity contribution < 1.29 is 17.6 Å². The van der Waals surface area contributed by atoms with Gasteiger partial charge < -0.3 is 4.42 Å². The lowest BCUT2D eigenvalue weighted by molar-refractivity contribution is -0.115. The van der Waals surface area contributed by atoms with Crippen molar-refractivity contribution in [2.75, 3.05) is 11.1 Å². The van der Waals surface area contributed by atoms with Crippen LogP contribution in [0, 0.1) is 0 Å².